The minimum Gasteiger partial charge on any atom is -0.379 e. The van der Waals surface area contributed by atoms with Crippen LogP contribution in [0.5, 0.6) is 0 Å². The SMILES string of the molecule is CC.CCCCOCCOCCNC(=O)COCCOCCOCCOCCOCC.[HH]. The molecule has 0 heterocycles. The van der Waals surface area contributed by atoms with Crippen molar-refractivity contribution in [1.29, 1.82) is 0 Å². The first kappa shape index (κ1) is 32.4. The molecular weight excluding hydrogens is 406 g/mol. The maximum atomic E-state index is 11.6. The Bertz CT molecular complexity index is 341. The third kappa shape index (κ3) is 31.5. The van der Waals surface area contributed by atoms with Crippen LogP contribution in [0.2, 0.25) is 0 Å². The summed E-state index contributed by atoms with van der Waals surface area (Å²) in [6.07, 6.45) is 2.20. The van der Waals surface area contributed by atoms with Crippen LogP contribution in [-0.2, 0) is 38.0 Å². The van der Waals surface area contributed by atoms with Gasteiger partial charge in [0, 0.05) is 21.2 Å². The molecule has 0 bridgehead atoms. The fourth-order valence-electron chi connectivity index (χ4n) is 1.97. The average Bonchev–Trinajstić information content (AvgIpc) is 2.79. The molecule has 31 heavy (non-hydrogen) atoms. The Balaban J connectivity index is -0.00000272. The number of hydrogen-bond acceptors (Lipinski definition) is 8. The molecule has 0 rings (SSSR count). The number of unbranched alkanes of at least 4 members (excludes halogenated alkanes) is 1. The minimum absolute atomic E-state index is 0. The third-order valence-corrected chi connectivity index (χ3v) is 3.51. The molecule has 9 nitrogen and oxygen atoms in total. The van der Waals surface area contributed by atoms with E-state index in [0.717, 1.165) is 19.4 Å². The van der Waals surface area contributed by atoms with Crippen molar-refractivity contribution in [3.8, 4) is 0 Å². The van der Waals surface area contributed by atoms with Crippen molar-refractivity contribution in [2.75, 3.05) is 99.0 Å². The Hall–Kier alpha value is -0.810. The highest BCUT2D eigenvalue weighted by molar-refractivity contribution is 5.77. The number of hydrogen-bond donors (Lipinski definition) is 1. The Morgan fingerprint density at radius 3 is 1.52 bits per heavy atom. The topological polar surface area (TPSA) is 93.7 Å². The summed E-state index contributed by atoms with van der Waals surface area (Å²) in [5.41, 5.74) is 0. The molecule has 0 fully saturated rings. The van der Waals surface area contributed by atoms with Gasteiger partial charge in [0.15, 0.2) is 0 Å². The van der Waals surface area contributed by atoms with Gasteiger partial charge in [-0.3, -0.25) is 4.79 Å². The molecule has 0 aromatic carbocycles. The lowest BCUT2D eigenvalue weighted by Crippen LogP contribution is -2.31. The summed E-state index contributed by atoms with van der Waals surface area (Å²) in [4.78, 5) is 11.6. The van der Waals surface area contributed by atoms with Crippen LogP contribution in [0.3, 0.4) is 0 Å². The predicted octanol–water partition coefficient (Wildman–Crippen LogP) is 2.31. The minimum atomic E-state index is -0.166. The summed E-state index contributed by atoms with van der Waals surface area (Å²) in [5.74, 6) is -0.166. The number of nitrogens with one attached hydrogen (secondary N) is 1. The molecule has 1 N–H and O–H groups in total. The lowest BCUT2D eigenvalue weighted by atomic mass is 10.4. The van der Waals surface area contributed by atoms with Crippen LogP contribution in [0.25, 0.3) is 0 Å². The molecule has 190 valence electrons. The number of ether oxygens (including phenoxy) is 7. The van der Waals surface area contributed by atoms with Gasteiger partial charge in [0.2, 0.25) is 5.91 Å². The zero-order valence-electron chi connectivity index (χ0n) is 20.3. The molecular formula is C22H49NO8. The molecule has 1 amide bonds. The van der Waals surface area contributed by atoms with Crippen LogP contribution in [0.4, 0.5) is 0 Å². The van der Waals surface area contributed by atoms with Crippen LogP contribution in [0.15, 0.2) is 0 Å². The summed E-state index contributed by atoms with van der Waals surface area (Å²) in [5, 5.41) is 2.73. The number of carbonyl (C=O) groups excluding carboxylic acids is 1. The Morgan fingerprint density at radius 2 is 1.03 bits per heavy atom. The summed E-state index contributed by atoms with van der Waals surface area (Å²) in [7, 11) is 0. The maximum absolute atomic E-state index is 11.6. The first-order chi connectivity index (χ1) is 15.3. The van der Waals surface area contributed by atoms with Gasteiger partial charge < -0.3 is 38.5 Å². The summed E-state index contributed by atoms with van der Waals surface area (Å²) >= 11 is 0. The van der Waals surface area contributed by atoms with E-state index < -0.39 is 0 Å². The van der Waals surface area contributed by atoms with Crippen LogP contribution in [0.1, 0.15) is 42.0 Å². The van der Waals surface area contributed by atoms with Crippen molar-refractivity contribution >= 4 is 5.91 Å². The molecule has 0 aromatic heterocycles. The van der Waals surface area contributed by atoms with Gasteiger partial charge in [-0.1, -0.05) is 27.2 Å². The van der Waals surface area contributed by atoms with E-state index in [0.29, 0.717) is 85.8 Å². The van der Waals surface area contributed by atoms with Crippen molar-refractivity contribution in [3.63, 3.8) is 0 Å². The van der Waals surface area contributed by atoms with Crippen molar-refractivity contribution in [2.45, 2.75) is 40.5 Å². The molecule has 0 radical (unpaired) electrons. The van der Waals surface area contributed by atoms with Crippen molar-refractivity contribution in [1.82, 2.24) is 5.32 Å². The van der Waals surface area contributed by atoms with Gasteiger partial charge >= 0.3 is 0 Å². The Labute approximate surface area is 190 Å². The normalized spacial score (nSPS) is 10.6. The summed E-state index contributed by atoms with van der Waals surface area (Å²) in [6.45, 7) is 15.6. The van der Waals surface area contributed by atoms with E-state index >= 15 is 0 Å². The predicted molar refractivity (Wildman–Crippen MR) is 123 cm³/mol. The molecule has 0 aliphatic rings. The van der Waals surface area contributed by atoms with Gasteiger partial charge in [0.25, 0.3) is 0 Å². The van der Waals surface area contributed by atoms with Gasteiger partial charge in [0.05, 0.1) is 72.7 Å². The van der Waals surface area contributed by atoms with E-state index in [-0.39, 0.29) is 13.9 Å². The fraction of sp³-hybridized carbons (Fsp3) is 0.955. The Kier molecular flexibility index (Phi) is 32.8. The summed E-state index contributed by atoms with van der Waals surface area (Å²) in [6, 6.07) is 0. The molecule has 0 saturated carbocycles. The standard InChI is InChI=1S/C20H41NO8.C2H6.H2/c1-3-5-7-24-11-12-25-8-6-21-20(22)19-29-18-17-28-16-15-27-14-13-26-10-9-23-4-2;1-2;/h3-19H2,1-2H3,(H,21,22);1-2H3;1H. The van der Waals surface area contributed by atoms with E-state index in [2.05, 4.69) is 12.2 Å². The lowest BCUT2D eigenvalue weighted by Gasteiger charge is -2.08. The lowest BCUT2D eigenvalue weighted by molar-refractivity contribution is -0.126. The van der Waals surface area contributed by atoms with Crippen LogP contribution in [0, 0.1) is 0 Å². The smallest absolute Gasteiger partial charge is 0.246 e. The highest BCUT2D eigenvalue weighted by Gasteiger charge is 2.00. The van der Waals surface area contributed by atoms with E-state index in [1.165, 1.54) is 0 Å². The molecule has 0 saturated heterocycles. The third-order valence-electron chi connectivity index (χ3n) is 3.51. The van der Waals surface area contributed by atoms with Gasteiger partial charge in [0.1, 0.15) is 6.61 Å². The fourth-order valence-corrected chi connectivity index (χ4v) is 1.97. The number of rotatable bonds is 24. The molecule has 0 atom stereocenters. The second-order valence-corrected chi connectivity index (χ2v) is 6.01. The van der Waals surface area contributed by atoms with Gasteiger partial charge in [-0.05, 0) is 13.3 Å². The largest absolute Gasteiger partial charge is 0.379 e. The average molecular weight is 456 g/mol. The zero-order valence-corrected chi connectivity index (χ0v) is 20.3. The van der Waals surface area contributed by atoms with Crippen LogP contribution >= 0.6 is 0 Å². The molecule has 9 heteroatoms. The first-order valence-electron chi connectivity index (χ1n) is 11.6. The van der Waals surface area contributed by atoms with Crippen LogP contribution in [-0.4, -0.2) is 105 Å². The van der Waals surface area contributed by atoms with Gasteiger partial charge in [-0.25, -0.2) is 0 Å². The van der Waals surface area contributed by atoms with Crippen LogP contribution < -0.4 is 5.32 Å². The quantitative estimate of drug-likeness (QED) is 0.222. The highest BCUT2D eigenvalue weighted by Crippen LogP contribution is 1.88. The number of carbonyl (C=O) groups is 1. The van der Waals surface area contributed by atoms with E-state index in [1.807, 2.05) is 20.8 Å². The highest BCUT2D eigenvalue weighted by atomic mass is 16.6. The molecule has 0 aliphatic heterocycles. The zero-order chi connectivity index (χ0) is 23.3. The van der Waals surface area contributed by atoms with E-state index in [9.17, 15) is 4.79 Å². The second-order valence-electron chi connectivity index (χ2n) is 6.01. The van der Waals surface area contributed by atoms with E-state index in [1.54, 1.807) is 0 Å². The van der Waals surface area contributed by atoms with E-state index in [4.69, 9.17) is 33.2 Å². The molecule has 0 spiro atoms. The first-order valence-corrected chi connectivity index (χ1v) is 11.6. The monoisotopic (exact) mass is 455 g/mol. The van der Waals surface area contributed by atoms with Gasteiger partial charge in [-0.15, -0.1) is 0 Å². The molecule has 0 aromatic rings. The van der Waals surface area contributed by atoms with Crippen molar-refractivity contribution in [2.24, 2.45) is 0 Å². The molecule has 0 aliphatic carbocycles. The number of amides is 1. The van der Waals surface area contributed by atoms with Gasteiger partial charge in [-0.2, -0.15) is 0 Å². The van der Waals surface area contributed by atoms with Crippen molar-refractivity contribution in [3.05, 3.63) is 0 Å². The summed E-state index contributed by atoms with van der Waals surface area (Å²) < 4.78 is 37.2. The second kappa shape index (κ2) is 31.4. The Morgan fingerprint density at radius 1 is 0.613 bits per heavy atom. The maximum Gasteiger partial charge on any atom is 0.246 e. The molecule has 0 unspecified atom stereocenters. The van der Waals surface area contributed by atoms with Crippen molar-refractivity contribution < 1.29 is 39.4 Å².